The summed E-state index contributed by atoms with van der Waals surface area (Å²) >= 11 is 0. The maximum Gasteiger partial charge on any atom is 0.429 e. The van der Waals surface area contributed by atoms with Gasteiger partial charge < -0.3 is 5.11 Å². The molecule has 1 aromatic carbocycles. The Labute approximate surface area is 104 Å². The van der Waals surface area contributed by atoms with Crippen LogP contribution in [0.5, 0.6) is 0 Å². The van der Waals surface area contributed by atoms with Gasteiger partial charge in [-0.1, -0.05) is 18.2 Å². The average Bonchev–Trinajstić information content (AvgIpc) is 2.20. The van der Waals surface area contributed by atoms with Crippen LogP contribution in [0.3, 0.4) is 0 Å². The van der Waals surface area contributed by atoms with Crippen molar-refractivity contribution >= 4 is 11.4 Å². The van der Waals surface area contributed by atoms with Crippen LogP contribution in [-0.4, -0.2) is 23.1 Å². The fourth-order valence-corrected chi connectivity index (χ4v) is 1.62. The summed E-state index contributed by atoms with van der Waals surface area (Å²) in [6, 6.07) is 5.19. The van der Waals surface area contributed by atoms with E-state index < -0.39 is 24.4 Å². The first-order valence-electron chi connectivity index (χ1n) is 5.61. The SMILES string of the molecule is Cc1cccc(C)c1N=C(CC(C)O)C(F)(F)F. The molecular weight excluding hydrogens is 243 g/mol. The van der Waals surface area contributed by atoms with Crippen LogP contribution >= 0.6 is 0 Å². The van der Waals surface area contributed by atoms with Crippen LogP contribution in [0.15, 0.2) is 23.2 Å². The van der Waals surface area contributed by atoms with Gasteiger partial charge in [-0.2, -0.15) is 13.2 Å². The van der Waals surface area contributed by atoms with Crippen molar-refractivity contribution < 1.29 is 18.3 Å². The third kappa shape index (κ3) is 3.84. The third-order valence-corrected chi connectivity index (χ3v) is 2.50. The molecule has 0 bridgehead atoms. The second-order valence-electron chi connectivity index (χ2n) is 4.35. The summed E-state index contributed by atoms with van der Waals surface area (Å²) in [5.74, 6) is 0. The fourth-order valence-electron chi connectivity index (χ4n) is 1.62. The van der Waals surface area contributed by atoms with Crippen molar-refractivity contribution in [2.75, 3.05) is 0 Å². The third-order valence-electron chi connectivity index (χ3n) is 2.50. The number of hydrogen-bond acceptors (Lipinski definition) is 2. The molecule has 18 heavy (non-hydrogen) atoms. The van der Waals surface area contributed by atoms with Gasteiger partial charge in [-0.05, 0) is 31.9 Å². The number of rotatable bonds is 3. The molecule has 5 heteroatoms. The number of aliphatic hydroxyl groups excluding tert-OH is 1. The molecule has 0 fully saturated rings. The van der Waals surface area contributed by atoms with Gasteiger partial charge in [0.15, 0.2) is 0 Å². The van der Waals surface area contributed by atoms with Gasteiger partial charge in [0.2, 0.25) is 0 Å². The zero-order valence-electron chi connectivity index (χ0n) is 10.5. The highest BCUT2D eigenvalue weighted by atomic mass is 19.4. The van der Waals surface area contributed by atoms with Gasteiger partial charge >= 0.3 is 6.18 Å². The molecule has 0 radical (unpaired) electrons. The van der Waals surface area contributed by atoms with E-state index in [9.17, 15) is 13.2 Å². The van der Waals surface area contributed by atoms with E-state index in [1.54, 1.807) is 32.0 Å². The highest BCUT2D eigenvalue weighted by Crippen LogP contribution is 2.28. The molecule has 1 rings (SSSR count). The zero-order valence-corrected chi connectivity index (χ0v) is 10.5. The van der Waals surface area contributed by atoms with E-state index in [2.05, 4.69) is 4.99 Å². The number of halogens is 3. The van der Waals surface area contributed by atoms with E-state index in [-0.39, 0.29) is 0 Å². The topological polar surface area (TPSA) is 32.6 Å². The first kappa shape index (κ1) is 14.7. The Morgan fingerprint density at radius 3 is 2.17 bits per heavy atom. The van der Waals surface area contributed by atoms with Crippen molar-refractivity contribution in [3.05, 3.63) is 29.3 Å². The Morgan fingerprint density at radius 1 is 1.28 bits per heavy atom. The first-order valence-corrected chi connectivity index (χ1v) is 5.61. The van der Waals surface area contributed by atoms with Gasteiger partial charge in [-0.3, -0.25) is 0 Å². The average molecular weight is 259 g/mol. The molecule has 0 aliphatic heterocycles. The summed E-state index contributed by atoms with van der Waals surface area (Å²) in [5.41, 5.74) is 0.741. The highest BCUT2D eigenvalue weighted by molar-refractivity contribution is 5.92. The number of aryl methyl sites for hydroxylation is 2. The number of aliphatic imine (C=N–C) groups is 1. The molecule has 0 heterocycles. The van der Waals surface area contributed by atoms with Gasteiger partial charge in [0.1, 0.15) is 5.71 Å². The van der Waals surface area contributed by atoms with Crippen molar-refractivity contribution in [2.24, 2.45) is 4.99 Å². The molecular formula is C13H16F3NO. The fraction of sp³-hybridized carbons (Fsp3) is 0.462. The van der Waals surface area contributed by atoms with Crippen molar-refractivity contribution in [3.8, 4) is 0 Å². The zero-order chi connectivity index (χ0) is 13.9. The predicted octanol–water partition coefficient (Wildman–Crippen LogP) is 3.71. The van der Waals surface area contributed by atoms with E-state index in [0.717, 1.165) is 0 Å². The number of alkyl halides is 3. The standard InChI is InChI=1S/C13H16F3NO/c1-8-5-4-6-9(2)12(8)17-11(7-10(3)18)13(14,15)16/h4-6,10,18H,7H2,1-3H3. The normalized spacial score (nSPS) is 14.7. The maximum absolute atomic E-state index is 12.8. The molecule has 0 aromatic heterocycles. The first-order chi connectivity index (χ1) is 8.21. The van der Waals surface area contributed by atoms with Crippen LogP contribution in [0.1, 0.15) is 24.5 Å². The Balaban J connectivity index is 3.24. The quantitative estimate of drug-likeness (QED) is 0.825. The monoisotopic (exact) mass is 259 g/mol. The van der Waals surface area contributed by atoms with Crippen LogP contribution in [0.4, 0.5) is 18.9 Å². The summed E-state index contributed by atoms with van der Waals surface area (Å²) in [4.78, 5) is 3.70. The minimum absolute atomic E-state index is 0.325. The van der Waals surface area contributed by atoms with Gasteiger partial charge in [0, 0.05) is 6.42 Å². The van der Waals surface area contributed by atoms with Crippen LogP contribution in [0.2, 0.25) is 0 Å². The molecule has 1 unspecified atom stereocenters. The van der Waals surface area contributed by atoms with Crippen molar-refractivity contribution in [3.63, 3.8) is 0 Å². The minimum Gasteiger partial charge on any atom is -0.393 e. The summed E-state index contributed by atoms with van der Waals surface area (Å²) in [6.07, 6.45) is -6.10. The second-order valence-corrected chi connectivity index (χ2v) is 4.35. The lowest BCUT2D eigenvalue weighted by Gasteiger charge is -2.14. The van der Waals surface area contributed by atoms with E-state index in [1.165, 1.54) is 6.92 Å². The summed E-state index contributed by atoms with van der Waals surface area (Å²) < 4.78 is 38.4. The molecule has 1 atom stereocenters. The van der Waals surface area contributed by atoms with Crippen LogP contribution in [-0.2, 0) is 0 Å². The van der Waals surface area contributed by atoms with Crippen molar-refractivity contribution in [1.29, 1.82) is 0 Å². The highest BCUT2D eigenvalue weighted by Gasteiger charge is 2.36. The summed E-state index contributed by atoms with van der Waals surface area (Å²) in [6.45, 7) is 4.73. The van der Waals surface area contributed by atoms with E-state index in [1.807, 2.05) is 0 Å². The minimum atomic E-state index is -4.52. The number of para-hydroxylation sites is 1. The van der Waals surface area contributed by atoms with Crippen LogP contribution in [0.25, 0.3) is 0 Å². The predicted molar refractivity (Wildman–Crippen MR) is 65.4 cm³/mol. The Bertz CT molecular complexity index is 430. The maximum atomic E-state index is 12.8. The summed E-state index contributed by atoms with van der Waals surface area (Å²) in [7, 11) is 0. The van der Waals surface area contributed by atoms with E-state index in [4.69, 9.17) is 5.11 Å². The number of nitrogens with zero attached hydrogens (tertiary/aromatic N) is 1. The number of aliphatic hydroxyl groups is 1. The Kier molecular flexibility index (Phi) is 4.51. The smallest absolute Gasteiger partial charge is 0.393 e. The van der Waals surface area contributed by atoms with Gasteiger partial charge in [-0.15, -0.1) is 0 Å². The largest absolute Gasteiger partial charge is 0.429 e. The molecule has 100 valence electrons. The van der Waals surface area contributed by atoms with Crippen LogP contribution < -0.4 is 0 Å². The Hall–Kier alpha value is -1.36. The molecule has 0 saturated heterocycles. The van der Waals surface area contributed by atoms with E-state index in [0.29, 0.717) is 16.8 Å². The number of benzene rings is 1. The van der Waals surface area contributed by atoms with E-state index >= 15 is 0 Å². The van der Waals surface area contributed by atoms with Crippen LogP contribution in [0, 0.1) is 13.8 Å². The van der Waals surface area contributed by atoms with Gasteiger partial charge in [-0.25, -0.2) is 4.99 Å². The molecule has 0 spiro atoms. The van der Waals surface area contributed by atoms with Gasteiger partial charge in [0.25, 0.3) is 0 Å². The molecule has 2 nitrogen and oxygen atoms in total. The molecule has 0 amide bonds. The second kappa shape index (κ2) is 5.52. The molecule has 0 aliphatic rings. The number of hydrogen-bond donors (Lipinski definition) is 1. The molecule has 1 aromatic rings. The molecule has 0 saturated carbocycles. The van der Waals surface area contributed by atoms with Crippen molar-refractivity contribution in [2.45, 2.75) is 39.5 Å². The lowest BCUT2D eigenvalue weighted by molar-refractivity contribution is -0.0619. The molecule has 1 N–H and O–H groups in total. The lowest BCUT2D eigenvalue weighted by Crippen LogP contribution is -2.26. The summed E-state index contributed by atoms with van der Waals surface area (Å²) in [5, 5.41) is 9.12. The lowest BCUT2D eigenvalue weighted by atomic mass is 10.1. The van der Waals surface area contributed by atoms with Gasteiger partial charge in [0.05, 0.1) is 11.8 Å². The Morgan fingerprint density at radius 2 is 1.78 bits per heavy atom. The van der Waals surface area contributed by atoms with Crippen molar-refractivity contribution in [1.82, 2.24) is 0 Å². The molecule has 0 aliphatic carbocycles.